The smallest absolute Gasteiger partial charge is 0.335 e. The van der Waals surface area contributed by atoms with Crippen LogP contribution < -0.4 is 0 Å². The van der Waals surface area contributed by atoms with E-state index in [1.54, 1.807) is 10.6 Å². The normalized spacial score (nSPS) is 11.0. The molecule has 21 heavy (non-hydrogen) atoms. The van der Waals surface area contributed by atoms with Crippen molar-refractivity contribution < 1.29 is 14.3 Å². The lowest BCUT2D eigenvalue weighted by atomic mass is 10.2. The van der Waals surface area contributed by atoms with Crippen LogP contribution >= 0.6 is 23.2 Å². The number of imidazole rings is 1. The topological polar surface area (TPSA) is 55.1 Å². The number of aromatic carboxylic acids is 1. The van der Waals surface area contributed by atoms with Crippen LogP contribution in [0.25, 0.3) is 16.7 Å². The molecule has 106 valence electrons. The lowest BCUT2D eigenvalue weighted by molar-refractivity contribution is 0.0697. The number of benzene rings is 2. The summed E-state index contributed by atoms with van der Waals surface area (Å²) in [5, 5.41) is 8.77. The first kappa shape index (κ1) is 13.9. The minimum absolute atomic E-state index is 0.0958. The monoisotopic (exact) mass is 324 g/mol. The zero-order chi connectivity index (χ0) is 15.1. The molecule has 0 bridgehead atoms. The highest BCUT2D eigenvalue weighted by atomic mass is 35.5. The number of hydrogen-bond donors (Lipinski definition) is 1. The molecule has 0 spiro atoms. The zero-order valence-electron chi connectivity index (χ0n) is 10.3. The van der Waals surface area contributed by atoms with E-state index in [1.807, 2.05) is 0 Å². The van der Waals surface area contributed by atoms with Crippen LogP contribution in [0.4, 0.5) is 4.39 Å². The highest BCUT2D eigenvalue weighted by molar-refractivity contribution is 6.35. The summed E-state index contributed by atoms with van der Waals surface area (Å²) in [4.78, 5) is 15.1. The van der Waals surface area contributed by atoms with Gasteiger partial charge in [0.2, 0.25) is 0 Å². The molecule has 3 aromatic rings. The van der Waals surface area contributed by atoms with Gasteiger partial charge in [-0.2, -0.15) is 0 Å². The fraction of sp³-hybridized carbons (Fsp3) is 0. The number of rotatable bonds is 2. The average Bonchev–Trinajstić information content (AvgIpc) is 2.87. The number of nitrogens with zero attached hydrogens (tertiary/aromatic N) is 2. The van der Waals surface area contributed by atoms with E-state index in [2.05, 4.69) is 4.98 Å². The standard InChI is InChI=1S/C14H7Cl2FN2O2/c15-9-4-8(5-10(16)13(9)17)19-6-18-11-3-7(14(20)21)1-2-12(11)19/h1-6H,(H,20,21). The van der Waals surface area contributed by atoms with Crippen molar-refractivity contribution in [3.8, 4) is 5.69 Å². The van der Waals surface area contributed by atoms with E-state index in [0.29, 0.717) is 16.7 Å². The van der Waals surface area contributed by atoms with E-state index >= 15 is 0 Å². The van der Waals surface area contributed by atoms with Gasteiger partial charge in [-0.05, 0) is 30.3 Å². The maximum atomic E-state index is 13.5. The fourth-order valence-corrected chi connectivity index (χ4v) is 2.51. The molecule has 0 radical (unpaired) electrons. The summed E-state index contributed by atoms with van der Waals surface area (Å²) in [6.07, 6.45) is 1.50. The molecule has 0 atom stereocenters. The van der Waals surface area contributed by atoms with Crippen molar-refractivity contribution in [1.29, 1.82) is 0 Å². The summed E-state index contributed by atoms with van der Waals surface area (Å²) in [5.74, 6) is -1.71. The lowest BCUT2D eigenvalue weighted by Gasteiger charge is -2.07. The van der Waals surface area contributed by atoms with Crippen LogP contribution in [0.3, 0.4) is 0 Å². The van der Waals surface area contributed by atoms with Gasteiger partial charge in [-0.25, -0.2) is 14.2 Å². The van der Waals surface area contributed by atoms with Crippen LogP contribution in [0, 0.1) is 5.82 Å². The molecular weight excluding hydrogens is 318 g/mol. The predicted molar refractivity (Wildman–Crippen MR) is 78.0 cm³/mol. The van der Waals surface area contributed by atoms with Crippen molar-refractivity contribution in [2.75, 3.05) is 0 Å². The number of halogens is 3. The van der Waals surface area contributed by atoms with Gasteiger partial charge < -0.3 is 5.11 Å². The summed E-state index contributed by atoms with van der Waals surface area (Å²) in [5.41, 5.74) is 1.85. The first-order chi connectivity index (χ1) is 9.97. The summed E-state index contributed by atoms with van der Waals surface area (Å²) in [7, 11) is 0. The second-order valence-electron chi connectivity index (χ2n) is 4.35. The third-order valence-electron chi connectivity index (χ3n) is 3.04. The molecular formula is C14H7Cl2FN2O2. The Morgan fingerprint density at radius 2 is 1.86 bits per heavy atom. The Hall–Kier alpha value is -2.11. The first-order valence-electron chi connectivity index (χ1n) is 5.82. The molecule has 0 saturated heterocycles. The van der Waals surface area contributed by atoms with Gasteiger partial charge in [0, 0.05) is 0 Å². The second-order valence-corrected chi connectivity index (χ2v) is 5.16. The Labute approximate surface area is 128 Å². The highest BCUT2D eigenvalue weighted by Crippen LogP contribution is 2.28. The van der Waals surface area contributed by atoms with Gasteiger partial charge in [-0.15, -0.1) is 0 Å². The Morgan fingerprint density at radius 1 is 1.19 bits per heavy atom. The maximum Gasteiger partial charge on any atom is 0.335 e. The molecule has 1 aromatic heterocycles. The van der Waals surface area contributed by atoms with Crippen LogP contribution in [0.5, 0.6) is 0 Å². The van der Waals surface area contributed by atoms with Crippen LogP contribution in [0.2, 0.25) is 10.0 Å². The van der Waals surface area contributed by atoms with Crippen molar-refractivity contribution in [3.63, 3.8) is 0 Å². The minimum atomic E-state index is -1.03. The minimum Gasteiger partial charge on any atom is -0.478 e. The Kier molecular flexibility index (Phi) is 3.31. The largest absolute Gasteiger partial charge is 0.478 e. The van der Waals surface area contributed by atoms with E-state index in [-0.39, 0.29) is 15.6 Å². The van der Waals surface area contributed by atoms with Crippen molar-refractivity contribution in [2.45, 2.75) is 0 Å². The molecule has 1 heterocycles. The van der Waals surface area contributed by atoms with Gasteiger partial charge in [-0.3, -0.25) is 4.57 Å². The number of carbonyl (C=O) groups is 1. The number of aromatic nitrogens is 2. The second kappa shape index (κ2) is 5.02. The summed E-state index contributed by atoms with van der Waals surface area (Å²) in [6, 6.07) is 7.40. The Balaban J connectivity index is 2.20. The molecule has 7 heteroatoms. The van der Waals surface area contributed by atoms with E-state index in [4.69, 9.17) is 28.3 Å². The lowest BCUT2D eigenvalue weighted by Crippen LogP contribution is -1.97. The average molecular weight is 325 g/mol. The van der Waals surface area contributed by atoms with E-state index in [9.17, 15) is 9.18 Å². The van der Waals surface area contributed by atoms with E-state index in [1.165, 1.54) is 30.6 Å². The van der Waals surface area contributed by atoms with Crippen LogP contribution in [0.1, 0.15) is 10.4 Å². The third-order valence-corrected chi connectivity index (χ3v) is 3.59. The quantitative estimate of drug-likeness (QED) is 0.720. The summed E-state index contributed by atoms with van der Waals surface area (Å²) < 4.78 is 15.1. The van der Waals surface area contributed by atoms with Crippen molar-refractivity contribution in [2.24, 2.45) is 0 Å². The third kappa shape index (κ3) is 2.34. The summed E-state index contributed by atoms with van der Waals surface area (Å²) in [6.45, 7) is 0. The molecule has 3 rings (SSSR count). The molecule has 1 N–H and O–H groups in total. The van der Waals surface area contributed by atoms with Gasteiger partial charge in [0.15, 0.2) is 5.82 Å². The molecule has 0 fully saturated rings. The van der Waals surface area contributed by atoms with E-state index in [0.717, 1.165) is 0 Å². The van der Waals surface area contributed by atoms with E-state index < -0.39 is 11.8 Å². The Morgan fingerprint density at radius 3 is 2.48 bits per heavy atom. The number of hydrogen-bond acceptors (Lipinski definition) is 2. The Bertz CT molecular complexity index is 854. The van der Waals surface area contributed by atoms with Gasteiger partial charge in [-0.1, -0.05) is 23.2 Å². The molecule has 0 saturated carbocycles. The zero-order valence-corrected chi connectivity index (χ0v) is 11.9. The van der Waals surface area contributed by atoms with Gasteiger partial charge in [0.05, 0.1) is 32.3 Å². The molecule has 2 aromatic carbocycles. The first-order valence-corrected chi connectivity index (χ1v) is 6.58. The predicted octanol–water partition coefficient (Wildman–Crippen LogP) is 4.17. The number of carboxylic acid groups (broad SMARTS) is 1. The SMILES string of the molecule is O=C(O)c1ccc2c(c1)ncn2-c1cc(Cl)c(F)c(Cl)c1. The number of carboxylic acids is 1. The number of fused-ring (bicyclic) bond motifs is 1. The molecule has 0 aliphatic carbocycles. The fourth-order valence-electron chi connectivity index (χ4n) is 2.03. The van der Waals surface area contributed by atoms with Gasteiger partial charge in [0.1, 0.15) is 6.33 Å². The van der Waals surface area contributed by atoms with Crippen molar-refractivity contribution in [3.05, 3.63) is 58.1 Å². The maximum absolute atomic E-state index is 13.5. The van der Waals surface area contributed by atoms with Crippen molar-refractivity contribution >= 4 is 40.2 Å². The van der Waals surface area contributed by atoms with Gasteiger partial charge in [0.25, 0.3) is 0 Å². The van der Waals surface area contributed by atoms with Crippen LogP contribution in [-0.4, -0.2) is 20.6 Å². The highest BCUT2D eigenvalue weighted by Gasteiger charge is 2.12. The van der Waals surface area contributed by atoms with Crippen molar-refractivity contribution in [1.82, 2.24) is 9.55 Å². The van der Waals surface area contributed by atoms with Crippen LogP contribution in [-0.2, 0) is 0 Å². The van der Waals surface area contributed by atoms with Gasteiger partial charge >= 0.3 is 5.97 Å². The molecule has 0 unspecified atom stereocenters. The molecule has 0 aliphatic rings. The van der Waals surface area contributed by atoms with Crippen LogP contribution in [0.15, 0.2) is 36.7 Å². The molecule has 0 amide bonds. The molecule has 4 nitrogen and oxygen atoms in total. The summed E-state index contributed by atoms with van der Waals surface area (Å²) >= 11 is 11.6. The molecule has 0 aliphatic heterocycles.